The summed E-state index contributed by atoms with van der Waals surface area (Å²) in [5.74, 6) is 0.567. The van der Waals surface area contributed by atoms with Crippen molar-refractivity contribution in [2.24, 2.45) is 0 Å². The second-order valence-corrected chi connectivity index (χ2v) is 8.34. The van der Waals surface area contributed by atoms with Crippen LogP contribution >= 0.6 is 23.4 Å². The van der Waals surface area contributed by atoms with Crippen molar-refractivity contribution in [2.75, 3.05) is 11.6 Å². The van der Waals surface area contributed by atoms with Gasteiger partial charge in [-0.05, 0) is 30.9 Å². The molecular formula is C22H23ClN4O2S. The summed E-state index contributed by atoms with van der Waals surface area (Å²) in [6, 6.07) is 10.4. The van der Waals surface area contributed by atoms with Gasteiger partial charge in [-0.15, -0.1) is 11.8 Å². The number of hydrogen-bond donors (Lipinski definition) is 1. The zero-order valence-electron chi connectivity index (χ0n) is 17.3. The van der Waals surface area contributed by atoms with E-state index in [1.165, 1.54) is 22.4 Å². The molecule has 2 aromatic heterocycles. The van der Waals surface area contributed by atoms with Gasteiger partial charge in [0, 0.05) is 23.2 Å². The molecule has 0 aliphatic rings. The Morgan fingerprint density at radius 2 is 1.93 bits per heavy atom. The number of benzene rings is 1. The number of halogens is 1. The SMILES string of the molecule is CSc1nc(C(C)C)nc(C)c1C(=O)Nc1ccc(=O)n(Cc2ccccc2Cl)c1. The van der Waals surface area contributed by atoms with Crippen LogP contribution in [0.15, 0.2) is 52.4 Å². The van der Waals surface area contributed by atoms with Crippen LogP contribution in [0.2, 0.25) is 5.02 Å². The first-order chi connectivity index (χ1) is 14.3. The Morgan fingerprint density at radius 1 is 1.20 bits per heavy atom. The van der Waals surface area contributed by atoms with Gasteiger partial charge in [0.05, 0.1) is 23.5 Å². The van der Waals surface area contributed by atoms with E-state index < -0.39 is 0 Å². The lowest BCUT2D eigenvalue weighted by molar-refractivity contribution is 0.102. The van der Waals surface area contributed by atoms with Gasteiger partial charge >= 0.3 is 0 Å². The lowest BCUT2D eigenvalue weighted by Gasteiger charge is -2.14. The topological polar surface area (TPSA) is 76.9 Å². The molecule has 0 aliphatic carbocycles. The number of aryl methyl sites for hydroxylation is 1. The van der Waals surface area contributed by atoms with E-state index >= 15 is 0 Å². The monoisotopic (exact) mass is 442 g/mol. The highest BCUT2D eigenvalue weighted by atomic mass is 35.5. The standard InChI is InChI=1S/C22H23ClN4O2S/c1-13(2)20-24-14(3)19(22(26-20)30-4)21(29)25-16-9-10-18(28)27(12-16)11-15-7-5-6-8-17(15)23/h5-10,12-13H,11H2,1-4H3,(H,25,29). The fourth-order valence-electron chi connectivity index (χ4n) is 2.97. The van der Waals surface area contributed by atoms with Crippen LogP contribution in [0.1, 0.15) is 47.2 Å². The molecule has 30 heavy (non-hydrogen) atoms. The van der Waals surface area contributed by atoms with Gasteiger partial charge in [-0.1, -0.05) is 43.6 Å². The molecule has 3 aromatic rings. The predicted octanol–water partition coefficient (Wildman–Crippen LogP) is 4.75. The van der Waals surface area contributed by atoms with Crippen LogP contribution in [0.4, 0.5) is 5.69 Å². The number of carbonyl (C=O) groups is 1. The molecule has 1 amide bonds. The summed E-state index contributed by atoms with van der Waals surface area (Å²) in [6.07, 6.45) is 3.49. The minimum atomic E-state index is -0.310. The maximum atomic E-state index is 13.0. The summed E-state index contributed by atoms with van der Waals surface area (Å²) in [4.78, 5) is 34.3. The van der Waals surface area contributed by atoms with E-state index in [2.05, 4.69) is 15.3 Å². The molecule has 2 heterocycles. The van der Waals surface area contributed by atoms with E-state index in [0.717, 1.165) is 5.56 Å². The summed E-state index contributed by atoms with van der Waals surface area (Å²) in [6.45, 7) is 6.14. The number of pyridine rings is 1. The molecule has 0 atom stereocenters. The van der Waals surface area contributed by atoms with Crippen LogP contribution in [0.5, 0.6) is 0 Å². The summed E-state index contributed by atoms with van der Waals surface area (Å²) in [5.41, 5.74) is 2.21. The highest BCUT2D eigenvalue weighted by Gasteiger charge is 2.20. The molecule has 156 valence electrons. The van der Waals surface area contributed by atoms with Crippen molar-refractivity contribution in [2.45, 2.75) is 38.3 Å². The van der Waals surface area contributed by atoms with E-state index in [-0.39, 0.29) is 17.4 Å². The highest BCUT2D eigenvalue weighted by Crippen LogP contribution is 2.24. The van der Waals surface area contributed by atoms with E-state index in [4.69, 9.17) is 11.6 Å². The van der Waals surface area contributed by atoms with Crippen molar-refractivity contribution >= 4 is 35.0 Å². The summed E-state index contributed by atoms with van der Waals surface area (Å²) in [5, 5.41) is 4.08. The van der Waals surface area contributed by atoms with Gasteiger partial charge in [-0.3, -0.25) is 9.59 Å². The quantitative estimate of drug-likeness (QED) is 0.440. The third-order valence-electron chi connectivity index (χ3n) is 4.55. The maximum absolute atomic E-state index is 13.0. The molecule has 8 heteroatoms. The Bertz CT molecular complexity index is 1140. The molecule has 0 aliphatic heterocycles. The summed E-state index contributed by atoms with van der Waals surface area (Å²) < 4.78 is 1.51. The zero-order chi connectivity index (χ0) is 21.8. The second-order valence-electron chi connectivity index (χ2n) is 7.14. The van der Waals surface area contributed by atoms with E-state index in [0.29, 0.717) is 39.4 Å². The molecule has 0 spiro atoms. The van der Waals surface area contributed by atoms with Gasteiger partial charge < -0.3 is 9.88 Å². The first-order valence-corrected chi connectivity index (χ1v) is 11.1. The van der Waals surface area contributed by atoms with Gasteiger partial charge in [0.15, 0.2) is 0 Å². The minimum Gasteiger partial charge on any atom is -0.321 e. The fourth-order valence-corrected chi connectivity index (χ4v) is 3.79. The van der Waals surface area contributed by atoms with Crippen molar-refractivity contribution < 1.29 is 4.79 Å². The van der Waals surface area contributed by atoms with Crippen molar-refractivity contribution in [3.63, 3.8) is 0 Å². The third-order valence-corrected chi connectivity index (χ3v) is 5.60. The molecule has 0 saturated carbocycles. The smallest absolute Gasteiger partial charge is 0.260 e. The van der Waals surface area contributed by atoms with Crippen LogP contribution in [-0.2, 0) is 6.54 Å². The Morgan fingerprint density at radius 3 is 2.60 bits per heavy atom. The fraction of sp³-hybridized carbons (Fsp3) is 0.273. The normalized spacial score (nSPS) is 11.0. The van der Waals surface area contributed by atoms with Crippen LogP contribution in [0, 0.1) is 6.92 Å². The van der Waals surface area contributed by atoms with Crippen molar-refractivity contribution in [3.05, 3.63) is 80.6 Å². The maximum Gasteiger partial charge on any atom is 0.260 e. The van der Waals surface area contributed by atoms with Gasteiger partial charge in [-0.25, -0.2) is 9.97 Å². The van der Waals surface area contributed by atoms with Gasteiger partial charge in [-0.2, -0.15) is 0 Å². The number of amides is 1. The van der Waals surface area contributed by atoms with Crippen molar-refractivity contribution in [1.29, 1.82) is 0 Å². The van der Waals surface area contributed by atoms with Crippen LogP contribution in [0.3, 0.4) is 0 Å². The number of rotatable bonds is 6. The zero-order valence-corrected chi connectivity index (χ0v) is 18.8. The molecule has 0 saturated heterocycles. The Labute approximate surface area is 184 Å². The number of carbonyl (C=O) groups excluding carboxylic acids is 1. The average Bonchev–Trinajstić information content (AvgIpc) is 2.71. The van der Waals surface area contributed by atoms with Gasteiger partial charge in [0.2, 0.25) is 0 Å². The number of anilines is 1. The molecule has 1 aromatic carbocycles. The van der Waals surface area contributed by atoms with Crippen LogP contribution < -0.4 is 10.9 Å². The number of thioether (sulfide) groups is 1. The first-order valence-electron chi connectivity index (χ1n) is 9.48. The molecular weight excluding hydrogens is 420 g/mol. The summed E-state index contributed by atoms with van der Waals surface area (Å²) >= 11 is 7.62. The molecule has 0 unspecified atom stereocenters. The van der Waals surface area contributed by atoms with Crippen LogP contribution in [0.25, 0.3) is 0 Å². The van der Waals surface area contributed by atoms with E-state index in [9.17, 15) is 9.59 Å². The Balaban J connectivity index is 1.89. The number of nitrogens with zero attached hydrogens (tertiary/aromatic N) is 3. The minimum absolute atomic E-state index is 0.167. The lowest BCUT2D eigenvalue weighted by atomic mass is 10.1. The number of aromatic nitrogens is 3. The molecule has 0 fully saturated rings. The molecule has 0 radical (unpaired) electrons. The Hall–Kier alpha value is -2.64. The number of hydrogen-bond acceptors (Lipinski definition) is 5. The third kappa shape index (κ3) is 4.91. The molecule has 1 N–H and O–H groups in total. The van der Waals surface area contributed by atoms with E-state index in [1.54, 1.807) is 25.3 Å². The summed E-state index contributed by atoms with van der Waals surface area (Å²) in [7, 11) is 0. The predicted molar refractivity (Wildman–Crippen MR) is 122 cm³/mol. The average molecular weight is 443 g/mol. The van der Waals surface area contributed by atoms with E-state index in [1.807, 2.05) is 38.3 Å². The van der Waals surface area contributed by atoms with Crippen LogP contribution in [-0.4, -0.2) is 26.7 Å². The largest absolute Gasteiger partial charge is 0.321 e. The van der Waals surface area contributed by atoms with Crippen molar-refractivity contribution in [3.8, 4) is 0 Å². The number of nitrogens with one attached hydrogen (secondary N) is 1. The van der Waals surface area contributed by atoms with Gasteiger partial charge in [0.1, 0.15) is 10.9 Å². The highest BCUT2D eigenvalue weighted by molar-refractivity contribution is 7.98. The first kappa shape index (κ1) is 22.1. The molecule has 3 rings (SSSR count). The lowest BCUT2D eigenvalue weighted by Crippen LogP contribution is -2.22. The second kappa shape index (κ2) is 9.45. The van der Waals surface area contributed by atoms with Crippen molar-refractivity contribution in [1.82, 2.24) is 14.5 Å². The Kier molecular flexibility index (Phi) is 6.95. The molecule has 6 nitrogen and oxygen atoms in total. The molecule has 0 bridgehead atoms. The van der Waals surface area contributed by atoms with Gasteiger partial charge in [0.25, 0.3) is 11.5 Å².